The third-order valence-electron chi connectivity index (χ3n) is 3.06. The van der Waals surface area contributed by atoms with E-state index >= 15 is 0 Å². The van der Waals surface area contributed by atoms with Crippen molar-refractivity contribution in [2.24, 2.45) is 4.99 Å². The van der Waals surface area contributed by atoms with Gasteiger partial charge in [0.25, 0.3) is 0 Å². The zero-order chi connectivity index (χ0) is 14.1. The Labute approximate surface area is 139 Å². The molecule has 0 fully saturated rings. The van der Waals surface area contributed by atoms with E-state index in [0.717, 1.165) is 31.1 Å². The highest BCUT2D eigenvalue weighted by Gasteiger charge is 2.02. The first kappa shape index (κ1) is 19.0. The summed E-state index contributed by atoms with van der Waals surface area (Å²) in [5, 5.41) is 6.66. The molecule has 0 amide bonds. The van der Waals surface area contributed by atoms with E-state index in [0.29, 0.717) is 6.04 Å². The van der Waals surface area contributed by atoms with Gasteiger partial charge in [0.2, 0.25) is 0 Å². The molecule has 0 aromatic heterocycles. The molecular weight excluding hydrogens is 365 g/mol. The lowest BCUT2D eigenvalue weighted by Crippen LogP contribution is -2.42. The van der Waals surface area contributed by atoms with E-state index in [1.165, 1.54) is 5.56 Å². The zero-order valence-electron chi connectivity index (χ0n) is 12.8. The molecular formula is C15H26IN3O. The number of guanidine groups is 1. The summed E-state index contributed by atoms with van der Waals surface area (Å²) in [6.07, 6.45) is 2.02. The summed E-state index contributed by atoms with van der Waals surface area (Å²) in [6, 6.07) is 8.57. The minimum Gasteiger partial charge on any atom is -0.497 e. The molecule has 0 bridgehead atoms. The number of hydrogen-bond acceptors (Lipinski definition) is 2. The van der Waals surface area contributed by atoms with Crippen molar-refractivity contribution in [3.8, 4) is 5.75 Å². The molecule has 0 spiro atoms. The van der Waals surface area contributed by atoms with Crippen LogP contribution < -0.4 is 15.4 Å². The fraction of sp³-hybridized carbons (Fsp3) is 0.533. The Morgan fingerprint density at radius 1 is 1.40 bits per heavy atom. The first-order valence-corrected chi connectivity index (χ1v) is 6.79. The summed E-state index contributed by atoms with van der Waals surface area (Å²) >= 11 is 0. The van der Waals surface area contributed by atoms with Crippen LogP contribution in [0, 0.1) is 0 Å². The molecule has 0 radical (unpaired) electrons. The molecule has 4 nitrogen and oxygen atoms in total. The third kappa shape index (κ3) is 6.98. The monoisotopic (exact) mass is 391 g/mol. The predicted molar refractivity (Wildman–Crippen MR) is 96.4 cm³/mol. The summed E-state index contributed by atoms with van der Waals surface area (Å²) in [5.41, 5.74) is 1.26. The lowest BCUT2D eigenvalue weighted by molar-refractivity contribution is 0.414. The van der Waals surface area contributed by atoms with Gasteiger partial charge in [-0.1, -0.05) is 19.1 Å². The Hall–Kier alpha value is -0.980. The van der Waals surface area contributed by atoms with Gasteiger partial charge in [-0.15, -0.1) is 24.0 Å². The van der Waals surface area contributed by atoms with Crippen LogP contribution >= 0.6 is 24.0 Å². The van der Waals surface area contributed by atoms with Gasteiger partial charge in [0.05, 0.1) is 7.11 Å². The second kappa shape index (κ2) is 10.8. The van der Waals surface area contributed by atoms with Crippen LogP contribution in [0.4, 0.5) is 0 Å². The molecule has 0 saturated carbocycles. The van der Waals surface area contributed by atoms with Crippen molar-refractivity contribution >= 4 is 29.9 Å². The smallest absolute Gasteiger partial charge is 0.191 e. The van der Waals surface area contributed by atoms with E-state index in [4.69, 9.17) is 4.74 Å². The molecule has 1 rings (SSSR count). The molecule has 1 unspecified atom stereocenters. The van der Waals surface area contributed by atoms with Gasteiger partial charge in [0.1, 0.15) is 5.75 Å². The van der Waals surface area contributed by atoms with E-state index in [1.54, 1.807) is 14.2 Å². The average molecular weight is 391 g/mol. The summed E-state index contributed by atoms with van der Waals surface area (Å²) in [5.74, 6) is 1.76. The van der Waals surface area contributed by atoms with Crippen LogP contribution in [0.3, 0.4) is 0 Å². The number of rotatable bonds is 6. The van der Waals surface area contributed by atoms with E-state index in [-0.39, 0.29) is 24.0 Å². The first-order chi connectivity index (χ1) is 9.19. The highest BCUT2D eigenvalue weighted by Crippen LogP contribution is 2.12. The van der Waals surface area contributed by atoms with Crippen LogP contribution in [0.5, 0.6) is 5.75 Å². The first-order valence-electron chi connectivity index (χ1n) is 6.79. The minimum atomic E-state index is 0. The SMILES string of the molecule is CCC(C)NC(=NC)NCCc1cccc(OC)c1.I. The Morgan fingerprint density at radius 3 is 2.75 bits per heavy atom. The summed E-state index contributed by atoms with van der Waals surface area (Å²) in [6.45, 7) is 5.15. The number of halogens is 1. The van der Waals surface area contributed by atoms with Crippen LogP contribution in [-0.4, -0.2) is 32.7 Å². The summed E-state index contributed by atoms with van der Waals surface area (Å²) < 4.78 is 5.21. The predicted octanol–water partition coefficient (Wildman–Crippen LogP) is 2.82. The van der Waals surface area contributed by atoms with Crippen LogP contribution in [-0.2, 0) is 6.42 Å². The molecule has 5 heteroatoms. The van der Waals surface area contributed by atoms with Crippen molar-refractivity contribution in [1.82, 2.24) is 10.6 Å². The van der Waals surface area contributed by atoms with Crippen LogP contribution in [0.25, 0.3) is 0 Å². The maximum Gasteiger partial charge on any atom is 0.191 e. The molecule has 1 aromatic rings. The van der Waals surface area contributed by atoms with Gasteiger partial charge >= 0.3 is 0 Å². The highest BCUT2D eigenvalue weighted by molar-refractivity contribution is 14.0. The quantitative estimate of drug-likeness (QED) is 0.446. The van der Waals surface area contributed by atoms with E-state index in [9.17, 15) is 0 Å². The standard InChI is InChI=1S/C15H25N3O.HI/c1-5-12(2)18-15(16-3)17-10-9-13-7-6-8-14(11-13)19-4;/h6-8,11-12H,5,9-10H2,1-4H3,(H2,16,17,18);1H. The lowest BCUT2D eigenvalue weighted by atomic mass is 10.1. The maximum atomic E-state index is 5.21. The van der Waals surface area contributed by atoms with Crippen molar-refractivity contribution in [3.63, 3.8) is 0 Å². The largest absolute Gasteiger partial charge is 0.497 e. The molecule has 1 aromatic carbocycles. The maximum absolute atomic E-state index is 5.21. The average Bonchev–Trinajstić information content (AvgIpc) is 2.46. The van der Waals surface area contributed by atoms with E-state index in [2.05, 4.69) is 41.6 Å². The molecule has 114 valence electrons. The summed E-state index contributed by atoms with van der Waals surface area (Å²) in [7, 11) is 3.48. The van der Waals surface area contributed by atoms with E-state index in [1.807, 2.05) is 12.1 Å². The van der Waals surface area contributed by atoms with Gasteiger partial charge in [0.15, 0.2) is 5.96 Å². The van der Waals surface area contributed by atoms with Crippen LogP contribution in [0.1, 0.15) is 25.8 Å². The number of ether oxygens (including phenoxy) is 1. The number of nitrogens with one attached hydrogen (secondary N) is 2. The molecule has 0 heterocycles. The van der Waals surface area contributed by atoms with Gasteiger partial charge in [-0.3, -0.25) is 4.99 Å². The van der Waals surface area contributed by atoms with Gasteiger partial charge in [-0.05, 0) is 37.5 Å². The molecule has 2 N–H and O–H groups in total. The fourth-order valence-corrected chi connectivity index (χ4v) is 1.68. The number of benzene rings is 1. The van der Waals surface area contributed by atoms with Gasteiger partial charge in [-0.2, -0.15) is 0 Å². The van der Waals surface area contributed by atoms with Crippen molar-refractivity contribution in [3.05, 3.63) is 29.8 Å². The Balaban J connectivity index is 0.00000361. The molecule has 0 aliphatic carbocycles. The minimum absolute atomic E-state index is 0. The number of methoxy groups -OCH3 is 1. The van der Waals surface area contributed by atoms with E-state index < -0.39 is 0 Å². The number of hydrogen-bond donors (Lipinski definition) is 2. The van der Waals surface area contributed by atoms with Crippen LogP contribution in [0.2, 0.25) is 0 Å². The fourth-order valence-electron chi connectivity index (χ4n) is 1.68. The van der Waals surface area contributed by atoms with Crippen molar-refractivity contribution < 1.29 is 4.74 Å². The number of aliphatic imine (C=N–C) groups is 1. The van der Waals surface area contributed by atoms with Gasteiger partial charge in [-0.25, -0.2) is 0 Å². The Kier molecular flexibility index (Phi) is 10.2. The molecule has 1 atom stereocenters. The van der Waals surface area contributed by atoms with Crippen molar-refractivity contribution in [2.45, 2.75) is 32.7 Å². The highest BCUT2D eigenvalue weighted by atomic mass is 127. The Bertz CT molecular complexity index is 410. The van der Waals surface area contributed by atoms with Gasteiger partial charge in [0, 0.05) is 19.6 Å². The lowest BCUT2D eigenvalue weighted by Gasteiger charge is -2.16. The van der Waals surface area contributed by atoms with Crippen LogP contribution in [0.15, 0.2) is 29.3 Å². The Morgan fingerprint density at radius 2 is 2.15 bits per heavy atom. The molecule has 20 heavy (non-hydrogen) atoms. The zero-order valence-corrected chi connectivity index (χ0v) is 15.1. The number of nitrogens with zero attached hydrogens (tertiary/aromatic N) is 1. The second-order valence-electron chi connectivity index (χ2n) is 4.55. The van der Waals surface area contributed by atoms with Crippen molar-refractivity contribution in [2.75, 3.05) is 20.7 Å². The summed E-state index contributed by atoms with van der Waals surface area (Å²) in [4.78, 5) is 4.21. The van der Waals surface area contributed by atoms with Crippen molar-refractivity contribution in [1.29, 1.82) is 0 Å². The van der Waals surface area contributed by atoms with Gasteiger partial charge < -0.3 is 15.4 Å². The normalized spacial score (nSPS) is 12.3. The molecule has 0 aliphatic rings. The second-order valence-corrected chi connectivity index (χ2v) is 4.55. The molecule has 0 saturated heterocycles. The molecule has 0 aliphatic heterocycles. The topological polar surface area (TPSA) is 45.7 Å². The third-order valence-corrected chi connectivity index (χ3v) is 3.06.